The normalized spacial score (nSPS) is 11.8. The van der Waals surface area contributed by atoms with Gasteiger partial charge in [0.1, 0.15) is 5.75 Å². The van der Waals surface area contributed by atoms with Crippen molar-refractivity contribution in [1.82, 2.24) is 4.72 Å². The van der Waals surface area contributed by atoms with Crippen molar-refractivity contribution in [3.05, 3.63) is 29.8 Å². The lowest BCUT2D eigenvalue weighted by Crippen LogP contribution is -2.26. The van der Waals surface area contributed by atoms with Crippen molar-refractivity contribution >= 4 is 21.6 Å². The molecule has 8 heteroatoms. The highest BCUT2D eigenvalue weighted by atomic mass is 35.5. The average Bonchev–Trinajstić information content (AvgIpc) is 2.27. The Hall–Kier alpha value is -0.920. The fraction of sp³-hybridized carbons (Fsp3) is 0.400. The van der Waals surface area contributed by atoms with Gasteiger partial charge in [-0.25, -0.2) is 13.1 Å². The molecule has 0 unspecified atom stereocenters. The van der Waals surface area contributed by atoms with Gasteiger partial charge in [0, 0.05) is 18.0 Å². The first-order chi connectivity index (χ1) is 8.44. The summed E-state index contributed by atoms with van der Waals surface area (Å²) in [4.78, 5) is 0. The third-order valence-electron chi connectivity index (χ3n) is 2.02. The summed E-state index contributed by atoms with van der Waals surface area (Å²) in [5.41, 5.74) is 0.330. The van der Waals surface area contributed by atoms with E-state index in [1.807, 2.05) is 0 Å². The van der Waals surface area contributed by atoms with E-state index in [-0.39, 0.29) is 23.9 Å². The van der Waals surface area contributed by atoms with Crippen molar-refractivity contribution in [2.24, 2.45) is 0 Å². The number of hydrogen-bond acceptors (Lipinski definition) is 3. The maximum atomic E-state index is 12.1. The van der Waals surface area contributed by atoms with Crippen molar-refractivity contribution in [3.63, 3.8) is 0 Å². The Morgan fingerprint density at radius 3 is 2.61 bits per heavy atom. The number of sulfonamides is 1. The maximum absolute atomic E-state index is 12.1. The van der Waals surface area contributed by atoms with Crippen molar-refractivity contribution in [3.8, 4) is 5.75 Å². The van der Waals surface area contributed by atoms with Crippen LogP contribution in [0.1, 0.15) is 5.56 Å². The maximum Gasteiger partial charge on any atom is 0.387 e. The van der Waals surface area contributed by atoms with Gasteiger partial charge in [-0.1, -0.05) is 18.2 Å². The summed E-state index contributed by atoms with van der Waals surface area (Å²) in [6.45, 7) is -3.08. The van der Waals surface area contributed by atoms with E-state index in [2.05, 4.69) is 9.46 Å². The lowest BCUT2D eigenvalue weighted by atomic mass is 10.2. The molecule has 1 aromatic carbocycles. The van der Waals surface area contributed by atoms with Gasteiger partial charge in [-0.15, -0.1) is 11.6 Å². The van der Waals surface area contributed by atoms with Crippen LogP contribution in [0.5, 0.6) is 5.75 Å². The summed E-state index contributed by atoms with van der Waals surface area (Å²) in [5, 5.41) is 0. The molecule has 18 heavy (non-hydrogen) atoms. The molecule has 0 atom stereocenters. The predicted octanol–water partition coefficient (Wildman–Crippen LogP) is 1.95. The SMILES string of the molecule is O=S(=O)(CCCl)NCc1ccccc1OC(F)F. The van der Waals surface area contributed by atoms with Crippen LogP contribution >= 0.6 is 11.6 Å². The molecular weight excluding hydrogens is 288 g/mol. The Morgan fingerprint density at radius 1 is 1.33 bits per heavy atom. The van der Waals surface area contributed by atoms with E-state index in [0.717, 1.165) is 0 Å². The summed E-state index contributed by atoms with van der Waals surface area (Å²) in [7, 11) is -3.50. The molecule has 1 aromatic rings. The largest absolute Gasteiger partial charge is 0.434 e. The highest BCUT2D eigenvalue weighted by molar-refractivity contribution is 7.89. The van der Waals surface area contributed by atoms with Gasteiger partial charge in [-0.3, -0.25) is 0 Å². The number of benzene rings is 1. The lowest BCUT2D eigenvalue weighted by molar-refractivity contribution is -0.0504. The summed E-state index contributed by atoms with van der Waals surface area (Å²) in [5.74, 6) is -0.321. The van der Waals surface area contributed by atoms with Crippen LogP contribution in [0.3, 0.4) is 0 Å². The molecule has 102 valence electrons. The summed E-state index contributed by atoms with van der Waals surface area (Å²) in [6, 6.07) is 5.97. The second-order valence-corrected chi connectivity index (χ2v) is 5.62. The second kappa shape index (κ2) is 6.86. The van der Waals surface area contributed by atoms with Crippen LogP contribution in [-0.2, 0) is 16.6 Å². The van der Waals surface area contributed by atoms with Gasteiger partial charge >= 0.3 is 6.61 Å². The van der Waals surface area contributed by atoms with Crippen LogP contribution in [-0.4, -0.2) is 26.7 Å². The van der Waals surface area contributed by atoms with Gasteiger partial charge in [0.25, 0.3) is 0 Å². The Labute approximate surface area is 109 Å². The molecule has 0 spiro atoms. The summed E-state index contributed by atoms with van der Waals surface area (Å²) >= 11 is 5.32. The van der Waals surface area contributed by atoms with Gasteiger partial charge in [0.05, 0.1) is 5.75 Å². The van der Waals surface area contributed by atoms with E-state index in [4.69, 9.17) is 11.6 Å². The zero-order valence-corrected chi connectivity index (χ0v) is 10.8. The fourth-order valence-corrected chi connectivity index (χ4v) is 2.55. The molecular formula is C10H12ClF2NO3S. The number of nitrogens with one attached hydrogen (secondary N) is 1. The van der Waals surface area contributed by atoms with E-state index in [1.54, 1.807) is 6.07 Å². The highest BCUT2D eigenvalue weighted by Gasteiger charge is 2.12. The molecule has 0 saturated heterocycles. The van der Waals surface area contributed by atoms with Crippen molar-refractivity contribution in [2.75, 3.05) is 11.6 Å². The number of hydrogen-bond donors (Lipinski definition) is 1. The topological polar surface area (TPSA) is 55.4 Å². The summed E-state index contributed by atoms with van der Waals surface area (Å²) in [6.07, 6.45) is 0. The van der Waals surface area contributed by atoms with E-state index >= 15 is 0 Å². The minimum absolute atomic E-state index is 0.0372. The molecule has 0 fully saturated rings. The van der Waals surface area contributed by atoms with Crippen LogP contribution < -0.4 is 9.46 Å². The first-order valence-corrected chi connectivity index (χ1v) is 7.19. The van der Waals surface area contributed by atoms with Gasteiger partial charge < -0.3 is 4.74 Å². The van der Waals surface area contributed by atoms with Gasteiger partial charge in [-0.05, 0) is 6.07 Å². The van der Waals surface area contributed by atoms with E-state index in [1.165, 1.54) is 18.2 Å². The number of para-hydroxylation sites is 1. The smallest absolute Gasteiger partial charge is 0.387 e. The molecule has 0 aliphatic carbocycles. The van der Waals surface area contributed by atoms with Crippen molar-refractivity contribution in [1.29, 1.82) is 0 Å². The van der Waals surface area contributed by atoms with Crippen LogP contribution in [0.4, 0.5) is 8.78 Å². The minimum Gasteiger partial charge on any atom is -0.434 e. The quantitative estimate of drug-likeness (QED) is 0.783. The second-order valence-electron chi connectivity index (χ2n) is 3.32. The third-order valence-corrected chi connectivity index (χ3v) is 3.76. The minimum atomic E-state index is -3.50. The van der Waals surface area contributed by atoms with Crippen LogP contribution in [0.25, 0.3) is 0 Å². The molecule has 0 saturated carbocycles. The number of alkyl halides is 3. The Morgan fingerprint density at radius 2 is 2.00 bits per heavy atom. The van der Waals surface area contributed by atoms with Crippen LogP contribution in [0.2, 0.25) is 0 Å². The van der Waals surface area contributed by atoms with Crippen LogP contribution in [0, 0.1) is 0 Å². The molecule has 0 heterocycles. The number of halogens is 3. The zero-order valence-electron chi connectivity index (χ0n) is 9.27. The molecule has 0 amide bonds. The average molecular weight is 300 g/mol. The van der Waals surface area contributed by atoms with Crippen LogP contribution in [0.15, 0.2) is 24.3 Å². The Bertz CT molecular complexity index is 482. The molecule has 0 aromatic heterocycles. The van der Waals surface area contributed by atoms with Gasteiger partial charge in [0.2, 0.25) is 10.0 Å². The molecule has 1 N–H and O–H groups in total. The third kappa shape index (κ3) is 5.16. The molecule has 0 aliphatic heterocycles. The molecule has 0 bridgehead atoms. The van der Waals surface area contributed by atoms with E-state index in [9.17, 15) is 17.2 Å². The highest BCUT2D eigenvalue weighted by Crippen LogP contribution is 2.20. The lowest BCUT2D eigenvalue weighted by Gasteiger charge is -2.11. The zero-order chi connectivity index (χ0) is 13.6. The van der Waals surface area contributed by atoms with E-state index < -0.39 is 16.6 Å². The predicted molar refractivity (Wildman–Crippen MR) is 64.4 cm³/mol. The van der Waals surface area contributed by atoms with Crippen molar-refractivity contribution in [2.45, 2.75) is 13.2 Å². The molecule has 1 rings (SSSR count). The van der Waals surface area contributed by atoms with Gasteiger partial charge in [0.15, 0.2) is 0 Å². The van der Waals surface area contributed by atoms with Gasteiger partial charge in [-0.2, -0.15) is 8.78 Å². The molecule has 0 aliphatic rings. The monoisotopic (exact) mass is 299 g/mol. The standard InChI is InChI=1S/C10H12ClF2NO3S/c11-5-6-18(15,16)14-7-8-3-1-2-4-9(8)17-10(12)13/h1-4,10,14H,5-7H2. The van der Waals surface area contributed by atoms with Crippen molar-refractivity contribution < 1.29 is 21.9 Å². The molecule has 4 nitrogen and oxygen atoms in total. The number of ether oxygens (including phenoxy) is 1. The first-order valence-electron chi connectivity index (χ1n) is 5.00. The Kier molecular flexibility index (Phi) is 5.77. The number of rotatable bonds is 7. The fourth-order valence-electron chi connectivity index (χ4n) is 1.22. The molecule has 0 radical (unpaired) electrons. The van der Waals surface area contributed by atoms with E-state index in [0.29, 0.717) is 5.56 Å². The first kappa shape index (κ1) is 15.1. The Balaban J connectivity index is 2.73. The summed E-state index contributed by atoms with van der Waals surface area (Å²) < 4.78 is 53.5.